The van der Waals surface area contributed by atoms with Crippen molar-refractivity contribution in [3.05, 3.63) is 66.2 Å². The van der Waals surface area contributed by atoms with Gasteiger partial charge in [0, 0.05) is 35.1 Å². The van der Waals surface area contributed by atoms with Gasteiger partial charge in [0.1, 0.15) is 23.4 Å². The van der Waals surface area contributed by atoms with E-state index in [1.54, 1.807) is 0 Å². The number of nitrogens with zero attached hydrogens (tertiary/aromatic N) is 5. The van der Waals surface area contributed by atoms with Crippen molar-refractivity contribution < 1.29 is 28.7 Å². The number of hydrogen-bond acceptors (Lipinski definition) is 9. The van der Waals surface area contributed by atoms with Crippen LogP contribution in [0.4, 0.5) is 9.59 Å². The molecule has 3 aromatic heterocycles. The fraction of sp³-hybridized carbons (Fsp3) is 0.419. The number of benzene rings is 3. The number of H-pyrrole nitrogens is 2. The molecule has 0 unspecified atom stereocenters. The van der Waals surface area contributed by atoms with Gasteiger partial charge in [-0.3, -0.25) is 9.59 Å². The number of fused-ring (bicyclic) bond motifs is 6. The normalized spacial score (nSPS) is 20.5. The first-order valence-corrected chi connectivity index (χ1v) is 20.3. The van der Waals surface area contributed by atoms with Crippen molar-refractivity contribution in [3.8, 4) is 11.3 Å². The van der Waals surface area contributed by atoms with E-state index < -0.39 is 24.3 Å². The first kappa shape index (κ1) is 36.1. The Kier molecular flexibility index (Phi) is 8.90. The predicted molar refractivity (Wildman–Crippen MR) is 215 cm³/mol. The smallest absolute Gasteiger partial charge is 0.407 e. The lowest BCUT2D eigenvalue weighted by Gasteiger charge is -2.28. The zero-order valence-electron chi connectivity index (χ0n) is 32.4. The quantitative estimate of drug-likeness (QED) is 0.129. The van der Waals surface area contributed by atoms with Gasteiger partial charge in [-0.1, -0.05) is 18.2 Å². The predicted octanol–water partition coefficient (Wildman–Crippen LogP) is 6.40. The van der Waals surface area contributed by atoms with Gasteiger partial charge >= 0.3 is 12.2 Å². The Hall–Kier alpha value is -6.25. The maximum atomic E-state index is 13.8. The van der Waals surface area contributed by atoms with Crippen LogP contribution in [0.2, 0.25) is 0 Å². The zero-order valence-corrected chi connectivity index (χ0v) is 32.4. The third kappa shape index (κ3) is 6.42. The lowest BCUT2D eigenvalue weighted by molar-refractivity contribution is -0.135. The Morgan fingerprint density at radius 2 is 1.31 bits per heavy atom. The molecular formula is C43H45N9O6. The third-order valence-corrected chi connectivity index (χ3v) is 12.5. The fourth-order valence-corrected chi connectivity index (χ4v) is 9.13. The van der Waals surface area contributed by atoms with Crippen molar-refractivity contribution in [1.82, 2.24) is 45.4 Å². The Balaban J connectivity index is 0.902. The van der Waals surface area contributed by atoms with Gasteiger partial charge in [0.25, 0.3) is 0 Å². The number of likely N-dealkylation sites (tertiary alicyclic amines) is 2. The van der Waals surface area contributed by atoms with Gasteiger partial charge in [-0.15, -0.1) is 0 Å². The number of aromatic amines is 2. The van der Waals surface area contributed by atoms with Crippen LogP contribution < -0.4 is 10.6 Å². The van der Waals surface area contributed by atoms with Crippen LogP contribution in [0.1, 0.15) is 75.1 Å². The summed E-state index contributed by atoms with van der Waals surface area (Å²) in [6.45, 7) is 1.21. The molecule has 5 heterocycles. The van der Waals surface area contributed by atoms with Crippen LogP contribution in [0, 0.1) is 11.8 Å². The van der Waals surface area contributed by atoms with Crippen molar-refractivity contribution in [2.75, 3.05) is 27.3 Å². The van der Waals surface area contributed by atoms with E-state index in [0.29, 0.717) is 18.9 Å². The maximum absolute atomic E-state index is 13.8. The fourth-order valence-electron chi connectivity index (χ4n) is 9.13. The highest BCUT2D eigenvalue weighted by Gasteiger charge is 2.45. The molecule has 4 aliphatic rings. The molecule has 2 aliphatic heterocycles. The second-order valence-electron chi connectivity index (χ2n) is 16.1. The van der Waals surface area contributed by atoms with Crippen LogP contribution in [-0.2, 0) is 19.1 Å². The van der Waals surface area contributed by atoms with Gasteiger partial charge in [0.15, 0.2) is 5.82 Å². The number of rotatable bonds is 9. The Labute approximate surface area is 333 Å². The maximum Gasteiger partial charge on any atom is 0.407 e. The molecule has 2 saturated heterocycles. The number of amides is 4. The van der Waals surface area contributed by atoms with Crippen LogP contribution in [0.5, 0.6) is 0 Å². The highest BCUT2D eigenvalue weighted by molar-refractivity contribution is 6.06. The number of aromatic nitrogens is 5. The lowest BCUT2D eigenvalue weighted by atomic mass is 10.0. The number of hydrogen-bond donors (Lipinski definition) is 4. The minimum Gasteiger partial charge on any atom is -0.453 e. The van der Waals surface area contributed by atoms with Crippen LogP contribution in [0.25, 0.3) is 55.0 Å². The van der Waals surface area contributed by atoms with E-state index in [-0.39, 0.29) is 35.7 Å². The molecule has 6 aromatic rings. The first-order chi connectivity index (χ1) is 28.3. The summed E-state index contributed by atoms with van der Waals surface area (Å²) in [7, 11) is 2.62. The van der Waals surface area contributed by atoms with Gasteiger partial charge < -0.3 is 39.9 Å². The Morgan fingerprint density at radius 1 is 0.672 bits per heavy atom. The second kappa shape index (κ2) is 14.3. The second-order valence-corrected chi connectivity index (χ2v) is 16.1. The minimum absolute atomic E-state index is 0.0794. The van der Waals surface area contributed by atoms with Crippen molar-refractivity contribution in [1.29, 1.82) is 0 Å². The van der Waals surface area contributed by atoms with Crippen LogP contribution in [-0.4, -0.2) is 98.1 Å². The van der Waals surface area contributed by atoms with Crippen LogP contribution >= 0.6 is 0 Å². The van der Waals surface area contributed by atoms with Gasteiger partial charge in [-0.25, -0.2) is 24.5 Å². The molecule has 3 aromatic carbocycles. The summed E-state index contributed by atoms with van der Waals surface area (Å²) in [5, 5.41) is 8.53. The molecule has 4 amide bonds. The van der Waals surface area contributed by atoms with E-state index in [9.17, 15) is 19.2 Å². The molecule has 4 fully saturated rings. The first-order valence-electron chi connectivity index (χ1n) is 20.3. The van der Waals surface area contributed by atoms with E-state index in [2.05, 4.69) is 57.0 Å². The number of carbonyl (C=O) groups is 4. The molecule has 2 saturated carbocycles. The summed E-state index contributed by atoms with van der Waals surface area (Å²) in [5.41, 5.74) is 6.18. The summed E-state index contributed by atoms with van der Waals surface area (Å²) in [6.07, 6.45) is 5.69. The van der Waals surface area contributed by atoms with E-state index in [0.717, 1.165) is 112 Å². The largest absolute Gasteiger partial charge is 0.453 e. The van der Waals surface area contributed by atoms with Crippen molar-refractivity contribution in [2.45, 2.75) is 75.5 Å². The van der Waals surface area contributed by atoms with Gasteiger partial charge in [-0.2, -0.15) is 0 Å². The highest BCUT2D eigenvalue weighted by atomic mass is 16.5. The van der Waals surface area contributed by atoms with Gasteiger partial charge in [0.2, 0.25) is 11.8 Å². The summed E-state index contributed by atoms with van der Waals surface area (Å²) in [6, 6.07) is 16.9. The molecule has 15 nitrogen and oxygen atoms in total. The number of methoxy groups -OCH3 is 2. The van der Waals surface area contributed by atoms with E-state index in [1.165, 1.54) is 14.2 Å². The number of carbonyl (C=O) groups excluding carboxylic acids is 4. The van der Waals surface area contributed by atoms with Gasteiger partial charge in [-0.05, 0) is 111 Å². The SMILES string of the molecule is COC(=O)N[C@H](C(=O)N1CCC[C@H]1c1nc2ccc3[nH]c(-c4ccc5c(ccc6[nH]c([C@@H]7CCCN7C(=O)[C@@H](NC(=O)OC)C7CC7)nc65)c4)ccc3c2n1)C1CC1. The molecule has 2 aliphatic carbocycles. The van der Waals surface area contributed by atoms with E-state index in [4.69, 9.17) is 24.4 Å². The molecule has 0 radical (unpaired) electrons. The van der Waals surface area contributed by atoms with Crippen molar-refractivity contribution in [2.24, 2.45) is 11.8 Å². The van der Waals surface area contributed by atoms with E-state index >= 15 is 0 Å². The number of imidazole rings is 2. The van der Waals surface area contributed by atoms with Gasteiger partial charge in [0.05, 0.1) is 42.9 Å². The average molecular weight is 784 g/mol. The number of ether oxygens (including phenoxy) is 2. The summed E-state index contributed by atoms with van der Waals surface area (Å²) < 4.78 is 9.62. The summed E-state index contributed by atoms with van der Waals surface area (Å²) in [4.78, 5) is 77.4. The number of pyridine rings is 1. The molecular weight excluding hydrogens is 739 g/mol. The molecule has 4 atom stereocenters. The molecule has 4 N–H and O–H groups in total. The monoisotopic (exact) mass is 783 g/mol. The van der Waals surface area contributed by atoms with Crippen molar-refractivity contribution in [3.63, 3.8) is 0 Å². The standard InChI is InChI=1S/C43H45N9O6/c1-57-42(55)49-34(22-7-8-22)40(53)51-19-3-5-32(51)38-45-30-15-12-24-21-25(11-13-26(24)36(30)47-38)28-16-14-27-29(44-28)17-18-31-37(27)48-39(46-31)33-6-4-20-52(33)41(54)35(23-9-10-23)50-43(56)58-2/h11-18,21-23,32-35,44H,3-10,19-20H2,1-2H3,(H,45,47)(H,49,55)(H,50,56)/t32-,33-,34-,35-/m0/s1. The molecule has 10 rings (SSSR count). The summed E-state index contributed by atoms with van der Waals surface area (Å²) >= 11 is 0. The van der Waals surface area contributed by atoms with Crippen molar-refractivity contribution >= 4 is 67.7 Å². The highest BCUT2D eigenvalue weighted by Crippen LogP contribution is 2.40. The van der Waals surface area contributed by atoms with Crippen LogP contribution in [0.15, 0.2) is 54.6 Å². The minimum atomic E-state index is -0.604. The van der Waals surface area contributed by atoms with Crippen LogP contribution in [0.3, 0.4) is 0 Å². The molecule has 298 valence electrons. The number of alkyl carbamates (subject to hydrolysis) is 2. The Bertz CT molecular complexity index is 2450. The third-order valence-electron chi connectivity index (χ3n) is 12.5. The molecule has 15 heteroatoms. The molecule has 58 heavy (non-hydrogen) atoms. The average Bonchev–Trinajstić information content (AvgIpc) is 4.01. The molecule has 0 spiro atoms. The zero-order chi connectivity index (χ0) is 39.7. The summed E-state index contributed by atoms with van der Waals surface area (Å²) in [5.74, 6) is 1.45. The molecule has 0 bridgehead atoms. The lowest BCUT2D eigenvalue weighted by Crippen LogP contribution is -2.49. The van der Waals surface area contributed by atoms with E-state index in [1.807, 2.05) is 28.0 Å². The topological polar surface area (TPSA) is 188 Å². The number of nitrogens with one attached hydrogen (secondary N) is 4. The Morgan fingerprint density at radius 3 is 1.98 bits per heavy atom.